The Morgan fingerprint density at radius 1 is 0.634 bits per heavy atom. The van der Waals surface area contributed by atoms with Crippen LogP contribution < -0.4 is 4.65 Å². The van der Waals surface area contributed by atoms with E-state index in [9.17, 15) is 37.1 Å². The molecule has 0 saturated heterocycles. The molecular weight excluding hydrogens is 603 g/mol. The van der Waals surface area contributed by atoms with E-state index < -0.39 is 46.0 Å². The molecule has 0 bridgehead atoms. The van der Waals surface area contributed by atoms with Crippen LogP contribution in [0.25, 0.3) is 0 Å². The minimum atomic E-state index is -3.48. The summed E-state index contributed by atoms with van der Waals surface area (Å²) in [5, 5.41) is 22.4. The lowest BCUT2D eigenvalue weighted by molar-refractivity contribution is -0.385. The van der Waals surface area contributed by atoms with Crippen molar-refractivity contribution >= 4 is 47.5 Å². The molecular formula is C26H41N3O8S2Si2. The highest BCUT2D eigenvalue weighted by atomic mass is 32.2. The molecule has 0 fully saturated rings. The van der Waals surface area contributed by atoms with Crippen molar-refractivity contribution in [1.29, 1.82) is 0 Å². The second-order valence-corrected chi connectivity index (χ2v) is 25.7. The fourth-order valence-electron chi connectivity index (χ4n) is 5.06. The van der Waals surface area contributed by atoms with E-state index >= 15 is 0 Å². The predicted octanol–water partition coefficient (Wildman–Crippen LogP) is 5.59. The zero-order valence-corrected chi connectivity index (χ0v) is 27.8. The quantitative estimate of drug-likeness (QED) is 0.0942. The summed E-state index contributed by atoms with van der Waals surface area (Å²) in [5.74, 6) is -0.738. The second-order valence-electron chi connectivity index (χ2n) is 11.8. The average molecular weight is 644 g/mol. The fourth-order valence-corrected chi connectivity index (χ4v) is 18.7. The van der Waals surface area contributed by atoms with Gasteiger partial charge < -0.3 is 4.65 Å². The molecule has 0 aliphatic heterocycles. The van der Waals surface area contributed by atoms with Gasteiger partial charge in [0.15, 0.2) is 19.7 Å². The molecule has 0 unspecified atom stereocenters. The van der Waals surface area contributed by atoms with E-state index in [4.69, 9.17) is 0 Å². The third-order valence-corrected chi connectivity index (χ3v) is 18.8. The molecule has 0 aliphatic rings. The molecule has 0 heterocycles. The number of sulfone groups is 2. The van der Waals surface area contributed by atoms with Gasteiger partial charge in [0.1, 0.15) is 16.5 Å². The highest BCUT2D eigenvalue weighted by Gasteiger charge is 2.31. The molecule has 0 radical (unpaired) electrons. The van der Waals surface area contributed by atoms with Crippen LogP contribution in [0.3, 0.4) is 0 Å². The van der Waals surface area contributed by atoms with Gasteiger partial charge in [-0.05, 0) is 24.9 Å². The van der Waals surface area contributed by atoms with Gasteiger partial charge in [-0.2, -0.15) is 0 Å². The number of hydrogen-bond acceptors (Lipinski definition) is 9. The van der Waals surface area contributed by atoms with Gasteiger partial charge in [0.2, 0.25) is 0 Å². The summed E-state index contributed by atoms with van der Waals surface area (Å²) in [5.41, 5.74) is 0.0455. The summed E-state index contributed by atoms with van der Waals surface area (Å²) in [7, 11) is -10.7. The molecule has 0 amide bonds. The third-order valence-electron chi connectivity index (χ3n) is 6.82. The Morgan fingerprint density at radius 2 is 0.976 bits per heavy atom. The number of benzene rings is 2. The number of nitrogens with one attached hydrogen (secondary N) is 1. The number of hydrogen-bond donors (Lipinski definition) is 1. The lowest BCUT2D eigenvalue weighted by atomic mass is 10.2. The number of unbranched alkanes of at least 4 members (excludes halogenated alkanes) is 2. The van der Waals surface area contributed by atoms with Gasteiger partial charge in [-0.15, -0.1) is 0 Å². The van der Waals surface area contributed by atoms with Gasteiger partial charge in [-0.1, -0.05) is 75.4 Å². The Morgan fingerprint density at radius 3 is 1.32 bits per heavy atom. The zero-order valence-electron chi connectivity index (χ0n) is 24.2. The maximum absolute atomic E-state index is 12.6. The van der Waals surface area contributed by atoms with E-state index in [0.29, 0.717) is 12.8 Å². The summed E-state index contributed by atoms with van der Waals surface area (Å²) >= 11 is 0. The van der Waals surface area contributed by atoms with Crippen molar-refractivity contribution in [2.75, 3.05) is 11.5 Å². The first-order valence-corrected chi connectivity index (χ1v) is 23.6. The molecule has 11 nitrogen and oxygen atoms in total. The maximum atomic E-state index is 12.6. The Hall–Kier alpha value is -2.47. The molecule has 2 rings (SSSR count). The van der Waals surface area contributed by atoms with Crippen molar-refractivity contribution in [2.24, 2.45) is 0 Å². The molecule has 0 saturated carbocycles. The van der Waals surface area contributed by atoms with Gasteiger partial charge in [-0.3, -0.25) is 20.2 Å². The Labute approximate surface area is 245 Å². The lowest BCUT2D eigenvalue weighted by Gasteiger charge is -2.35. The standard InChI is InChI=1S/C26H41N3O8S2Si2/c1-40(2,19-11-9-17-38(34,35)21-23-13-5-7-15-25(23)28(30)31)27-41(3,4)20-12-10-18-39(36,37)22-24-14-6-8-16-26(24)29(32)33/h5-8,13-16,27H,9-12,17-22H2,1-4H3. The Kier molecular flexibility index (Phi) is 12.4. The summed E-state index contributed by atoms with van der Waals surface area (Å²) in [6.45, 7) is 8.84. The molecule has 0 aliphatic carbocycles. The summed E-state index contributed by atoms with van der Waals surface area (Å²) in [6, 6.07) is 13.6. The first kappa shape index (κ1) is 34.7. The van der Waals surface area contributed by atoms with E-state index in [1.807, 2.05) is 0 Å². The fraction of sp³-hybridized carbons (Fsp3) is 0.538. The lowest BCUT2D eigenvalue weighted by Crippen LogP contribution is -2.58. The molecule has 0 spiro atoms. The highest BCUT2D eigenvalue weighted by molar-refractivity contribution is 7.90. The molecule has 15 heteroatoms. The number of nitrogens with zero attached hydrogens (tertiary/aromatic N) is 2. The van der Waals surface area contributed by atoms with Crippen LogP contribution in [0.4, 0.5) is 11.4 Å². The topological polar surface area (TPSA) is 167 Å². The summed E-state index contributed by atoms with van der Waals surface area (Å²) in [4.78, 5) is 21.2. The van der Waals surface area contributed by atoms with Crippen LogP contribution in [0.5, 0.6) is 0 Å². The van der Waals surface area contributed by atoms with E-state index in [1.165, 1.54) is 36.4 Å². The predicted molar refractivity (Wildman–Crippen MR) is 167 cm³/mol. The van der Waals surface area contributed by atoms with E-state index in [2.05, 4.69) is 30.8 Å². The molecule has 1 N–H and O–H groups in total. The minimum absolute atomic E-state index is 0.0229. The van der Waals surface area contributed by atoms with E-state index in [0.717, 1.165) is 24.9 Å². The number of nitro benzene ring substituents is 2. The van der Waals surface area contributed by atoms with Gasteiger partial charge in [0.05, 0.1) is 32.9 Å². The number of nitro groups is 2. The number of para-hydroxylation sites is 2. The third kappa shape index (κ3) is 12.5. The minimum Gasteiger partial charge on any atom is -0.359 e. The van der Waals surface area contributed by atoms with Crippen molar-refractivity contribution in [3.05, 3.63) is 79.9 Å². The van der Waals surface area contributed by atoms with Gasteiger partial charge in [0, 0.05) is 23.3 Å². The Bertz CT molecular complexity index is 1320. The van der Waals surface area contributed by atoms with Crippen molar-refractivity contribution < 1.29 is 26.7 Å². The Balaban J connectivity index is 1.77. The SMILES string of the molecule is C[Si](C)(CCCCS(=O)(=O)Cc1ccccc1[N+](=O)[O-])N[Si](C)(C)CCCCS(=O)(=O)Cc1ccccc1[N+](=O)[O-]. The van der Waals surface area contributed by atoms with Crippen LogP contribution in [-0.4, -0.2) is 54.7 Å². The van der Waals surface area contributed by atoms with Crippen LogP contribution >= 0.6 is 0 Å². The van der Waals surface area contributed by atoms with Crippen LogP contribution in [0.15, 0.2) is 48.5 Å². The average Bonchev–Trinajstić information content (AvgIpc) is 2.84. The molecule has 41 heavy (non-hydrogen) atoms. The van der Waals surface area contributed by atoms with Gasteiger partial charge >= 0.3 is 0 Å². The normalized spacial score (nSPS) is 12.8. The second kappa shape index (κ2) is 14.6. The van der Waals surface area contributed by atoms with Gasteiger partial charge in [0.25, 0.3) is 11.4 Å². The molecule has 228 valence electrons. The van der Waals surface area contributed by atoms with Gasteiger partial charge in [-0.25, -0.2) is 16.8 Å². The van der Waals surface area contributed by atoms with Crippen LogP contribution in [0.2, 0.25) is 38.3 Å². The van der Waals surface area contributed by atoms with Crippen molar-refractivity contribution in [1.82, 2.24) is 4.65 Å². The monoisotopic (exact) mass is 643 g/mol. The maximum Gasteiger partial charge on any atom is 0.273 e. The van der Waals surface area contributed by atoms with Crippen molar-refractivity contribution in [3.63, 3.8) is 0 Å². The largest absolute Gasteiger partial charge is 0.359 e. The smallest absolute Gasteiger partial charge is 0.273 e. The van der Waals surface area contributed by atoms with Crippen LogP contribution in [0.1, 0.15) is 36.8 Å². The zero-order chi connectivity index (χ0) is 30.9. The van der Waals surface area contributed by atoms with Crippen LogP contribution in [-0.2, 0) is 31.2 Å². The van der Waals surface area contributed by atoms with Crippen LogP contribution in [0, 0.1) is 20.2 Å². The van der Waals surface area contributed by atoms with E-state index in [-0.39, 0.29) is 45.5 Å². The molecule has 2 aromatic rings. The first-order chi connectivity index (χ1) is 18.9. The first-order valence-electron chi connectivity index (χ1n) is 13.6. The van der Waals surface area contributed by atoms with E-state index in [1.54, 1.807) is 12.1 Å². The summed E-state index contributed by atoms with van der Waals surface area (Å²) in [6.07, 6.45) is 2.44. The molecule has 0 atom stereocenters. The molecule has 2 aromatic carbocycles. The molecule has 0 aromatic heterocycles. The number of rotatable bonds is 18. The highest BCUT2D eigenvalue weighted by Crippen LogP contribution is 2.24. The summed E-state index contributed by atoms with van der Waals surface area (Å²) < 4.78 is 54.3. The van der Waals surface area contributed by atoms with Crippen molar-refractivity contribution in [3.8, 4) is 0 Å². The van der Waals surface area contributed by atoms with Crippen molar-refractivity contribution in [2.45, 2.75) is 75.5 Å².